The molecule has 2 nitrogen and oxygen atoms in total. The van der Waals surface area contributed by atoms with E-state index in [0.717, 1.165) is 15.8 Å². The van der Waals surface area contributed by atoms with Gasteiger partial charge in [0.25, 0.3) is 0 Å². The molecule has 0 aliphatic rings. The maximum Gasteiger partial charge on any atom is 0.134 e. The zero-order valence-corrected chi connectivity index (χ0v) is 12.3. The molecule has 4 heteroatoms. The molecule has 0 unspecified atom stereocenters. The summed E-state index contributed by atoms with van der Waals surface area (Å²) >= 11 is 9.40. The SMILES string of the molecule is Cc1ccc(OCc2cc(Cl)ccc2N)c(Br)c1. The van der Waals surface area contributed by atoms with Gasteiger partial charge in [-0.1, -0.05) is 17.7 Å². The van der Waals surface area contributed by atoms with E-state index in [9.17, 15) is 0 Å². The van der Waals surface area contributed by atoms with Crippen LogP contribution in [0.2, 0.25) is 5.02 Å². The second kappa shape index (κ2) is 5.63. The van der Waals surface area contributed by atoms with Gasteiger partial charge in [-0.2, -0.15) is 0 Å². The molecule has 0 fully saturated rings. The highest BCUT2D eigenvalue weighted by Gasteiger charge is 2.04. The quantitative estimate of drug-likeness (QED) is 0.838. The summed E-state index contributed by atoms with van der Waals surface area (Å²) in [6.45, 7) is 2.43. The first kappa shape index (κ1) is 13.2. The van der Waals surface area contributed by atoms with E-state index in [1.807, 2.05) is 31.2 Å². The number of benzene rings is 2. The lowest BCUT2D eigenvalue weighted by Crippen LogP contribution is -2.00. The van der Waals surface area contributed by atoms with Crippen molar-refractivity contribution in [1.82, 2.24) is 0 Å². The van der Waals surface area contributed by atoms with Crippen LogP contribution in [0.5, 0.6) is 5.75 Å². The Kier molecular flexibility index (Phi) is 4.15. The summed E-state index contributed by atoms with van der Waals surface area (Å²) in [4.78, 5) is 0. The summed E-state index contributed by atoms with van der Waals surface area (Å²) in [5.74, 6) is 0.792. The number of nitrogen functional groups attached to an aromatic ring is 1. The van der Waals surface area contributed by atoms with Crippen molar-refractivity contribution in [1.29, 1.82) is 0 Å². The topological polar surface area (TPSA) is 35.2 Å². The zero-order valence-electron chi connectivity index (χ0n) is 9.91. The lowest BCUT2D eigenvalue weighted by atomic mass is 10.2. The second-order valence-electron chi connectivity index (χ2n) is 4.07. The molecule has 0 aromatic heterocycles. The Balaban J connectivity index is 2.13. The van der Waals surface area contributed by atoms with Crippen LogP contribution < -0.4 is 10.5 Å². The van der Waals surface area contributed by atoms with Crippen molar-refractivity contribution in [3.05, 3.63) is 57.0 Å². The van der Waals surface area contributed by atoms with Gasteiger partial charge in [-0.3, -0.25) is 0 Å². The summed E-state index contributed by atoms with van der Waals surface area (Å²) < 4.78 is 6.66. The largest absolute Gasteiger partial charge is 0.488 e. The molecular weight excluding hydrogens is 314 g/mol. The average molecular weight is 327 g/mol. The maximum absolute atomic E-state index is 5.93. The van der Waals surface area contributed by atoms with Gasteiger partial charge >= 0.3 is 0 Å². The van der Waals surface area contributed by atoms with Crippen LogP contribution in [-0.4, -0.2) is 0 Å². The van der Waals surface area contributed by atoms with Crippen molar-refractivity contribution in [2.45, 2.75) is 13.5 Å². The summed E-state index contributed by atoms with van der Waals surface area (Å²) in [7, 11) is 0. The molecule has 0 spiro atoms. The normalized spacial score (nSPS) is 10.4. The zero-order chi connectivity index (χ0) is 13.1. The van der Waals surface area contributed by atoms with Gasteiger partial charge < -0.3 is 10.5 Å². The van der Waals surface area contributed by atoms with Crippen LogP contribution in [0.15, 0.2) is 40.9 Å². The van der Waals surface area contributed by atoms with E-state index in [1.165, 1.54) is 5.56 Å². The number of hydrogen-bond acceptors (Lipinski definition) is 2. The lowest BCUT2D eigenvalue weighted by Gasteiger charge is -2.10. The Labute approximate surface area is 120 Å². The number of aryl methyl sites for hydroxylation is 1. The Morgan fingerprint density at radius 3 is 2.72 bits per heavy atom. The highest BCUT2D eigenvalue weighted by Crippen LogP contribution is 2.27. The predicted molar refractivity (Wildman–Crippen MR) is 79.1 cm³/mol. The van der Waals surface area contributed by atoms with E-state index in [0.29, 0.717) is 17.3 Å². The molecule has 2 rings (SSSR count). The molecular formula is C14H13BrClNO. The molecule has 0 heterocycles. The van der Waals surface area contributed by atoms with E-state index in [4.69, 9.17) is 22.1 Å². The van der Waals surface area contributed by atoms with Crippen LogP contribution in [0.3, 0.4) is 0 Å². The molecule has 94 valence electrons. The minimum atomic E-state index is 0.397. The molecule has 0 amide bonds. The van der Waals surface area contributed by atoms with E-state index >= 15 is 0 Å². The minimum Gasteiger partial charge on any atom is -0.488 e. The van der Waals surface area contributed by atoms with Crippen LogP contribution in [0.25, 0.3) is 0 Å². The fourth-order valence-corrected chi connectivity index (χ4v) is 2.38. The molecule has 0 atom stereocenters. The molecule has 0 saturated carbocycles. The molecule has 18 heavy (non-hydrogen) atoms. The van der Waals surface area contributed by atoms with Gasteiger partial charge in [0, 0.05) is 16.3 Å². The van der Waals surface area contributed by atoms with Gasteiger partial charge in [-0.15, -0.1) is 0 Å². The smallest absolute Gasteiger partial charge is 0.134 e. The Morgan fingerprint density at radius 1 is 1.22 bits per heavy atom. The molecule has 2 aromatic rings. The second-order valence-corrected chi connectivity index (χ2v) is 5.36. The van der Waals surface area contributed by atoms with Crippen molar-refractivity contribution in [2.24, 2.45) is 0 Å². The van der Waals surface area contributed by atoms with Crippen LogP contribution in [0.1, 0.15) is 11.1 Å². The van der Waals surface area contributed by atoms with Gasteiger partial charge in [-0.05, 0) is 58.7 Å². The fraction of sp³-hybridized carbons (Fsp3) is 0.143. The Morgan fingerprint density at radius 2 is 2.00 bits per heavy atom. The lowest BCUT2D eigenvalue weighted by molar-refractivity contribution is 0.305. The monoisotopic (exact) mass is 325 g/mol. The summed E-state index contributed by atoms with van der Waals surface area (Å²) in [6, 6.07) is 11.3. The average Bonchev–Trinajstić information content (AvgIpc) is 2.32. The number of halogens is 2. The van der Waals surface area contributed by atoms with E-state index in [2.05, 4.69) is 15.9 Å². The molecule has 2 N–H and O–H groups in total. The number of rotatable bonds is 3. The predicted octanol–water partition coefficient (Wildman–Crippen LogP) is 4.57. The van der Waals surface area contributed by atoms with E-state index < -0.39 is 0 Å². The third kappa shape index (κ3) is 3.18. The first-order valence-electron chi connectivity index (χ1n) is 5.49. The van der Waals surface area contributed by atoms with Crippen molar-refractivity contribution in [3.63, 3.8) is 0 Å². The van der Waals surface area contributed by atoms with Gasteiger partial charge in [0.2, 0.25) is 0 Å². The summed E-state index contributed by atoms with van der Waals surface area (Å²) in [5.41, 5.74) is 8.61. The minimum absolute atomic E-state index is 0.397. The molecule has 0 radical (unpaired) electrons. The van der Waals surface area contributed by atoms with Gasteiger partial charge in [0.1, 0.15) is 12.4 Å². The van der Waals surface area contributed by atoms with Gasteiger partial charge in [0.05, 0.1) is 4.47 Å². The first-order valence-corrected chi connectivity index (χ1v) is 6.66. The van der Waals surface area contributed by atoms with Crippen LogP contribution >= 0.6 is 27.5 Å². The number of hydrogen-bond donors (Lipinski definition) is 1. The van der Waals surface area contributed by atoms with Crippen LogP contribution in [0, 0.1) is 6.92 Å². The van der Waals surface area contributed by atoms with Gasteiger partial charge in [0.15, 0.2) is 0 Å². The van der Waals surface area contributed by atoms with Crippen molar-refractivity contribution >= 4 is 33.2 Å². The molecule has 0 aliphatic heterocycles. The highest BCUT2D eigenvalue weighted by atomic mass is 79.9. The van der Waals surface area contributed by atoms with Crippen molar-refractivity contribution < 1.29 is 4.74 Å². The maximum atomic E-state index is 5.93. The summed E-state index contributed by atoms with van der Waals surface area (Å²) in [5, 5.41) is 0.658. The van der Waals surface area contributed by atoms with Crippen LogP contribution in [-0.2, 0) is 6.61 Å². The van der Waals surface area contributed by atoms with Crippen molar-refractivity contribution in [2.75, 3.05) is 5.73 Å². The summed E-state index contributed by atoms with van der Waals surface area (Å²) in [6.07, 6.45) is 0. The van der Waals surface area contributed by atoms with Crippen molar-refractivity contribution in [3.8, 4) is 5.75 Å². The molecule has 0 bridgehead atoms. The molecule has 0 aliphatic carbocycles. The number of anilines is 1. The standard InChI is InChI=1S/C14H13BrClNO/c1-9-2-5-14(12(15)6-9)18-8-10-7-11(16)3-4-13(10)17/h2-7H,8,17H2,1H3. The third-order valence-electron chi connectivity index (χ3n) is 2.58. The van der Waals surface area contributed by atoms with Gasteiger partial charge in [-0.25, -0.2) is 0 Å². The fourth-order valence-electron chi connectivity index (χ4n) is 1.58. The number of nitrogens with two attached hydrogens (primary N) is 1. The Bertz CT molecular complexity index is 572. The molecule has 0 saturated heterocycles. The first-order chi connectivity index (χ1) is 8.56. The Hall–Kier alpha value is -1.19. The van der Waals surface area contributed by atoms with Crippen LogP contribution in [0.4, 0.5) is 5.69 Å². The van der Waals surface area contributed by atoms with E-state index in [-0.39, 0.29) is 0 Å². The molecule has 2 aromatic carbocycles. The highest BCUT2D eigenvalue weighted by molar-refractivity contribution is 9.10. The number of ether oxygens (including phenoxy) is 1. The van der Waals surface area contributed by atoms with E-state index in [1.54, 1.807) is 12.1 Å². The third-order valence-corrected chi connectivity index (χ3v) is 3.43.